The molecule has 2 aliphatic heterocycles. The number of aromatic nitrogens is 2. The van der Waals surface area contributed by atoms with E-state index in [4.69, 9.17) is 22.1 Å². The summed E-state index contributed by atoms with van der Waals surface area (Å²) in [5, 5.41) is 31.0. The lowest BCUT2D eigenvalue weighted by Gasteiger charge is -2.29. The van der Waals surface area contributed by atoms with Gasteiger partial charge in [0.2, 0.25) is 6.29 Å². The third-order valence-corrected chi connectivity index (χ3v) is 3.92. The zero-order chi connectivity index (χ0) is 17.7. The Morgan fingerprint density at radius 3 is 3.04 bits per heavy atom. The first-order valence-electron chi connectivity index (χ1n) is 7.00. The number of nitrogens with two attached hydrogens (primary N) is 1. The number of nitrogens with zero attached hydrogens (tertiary/aromatic N) is 3. The smallest absolute Gasteiger partial charge is 0.305 e. The molecule has 1 aromatic heterocycles. The van der Waals surface area contributed by atoms with E-state index in [1.54, 1.807) is 0 Å². The molecular formula is C12H16ClN5O6. The lowest BCUT2D eigenvalue weighted by atomic mass is 10.2. The van der Waals surface area contributed by atoms with E-state index < -0.39 is 29.5 Å². The zero-order valence-electron chi connectivity index (χ0n) is 12.5. The van der Waals surface area contributed by atoms with Gasteiger partial charge in [0.15, 0.2) is 11.7 Å². The van der Waals surface area contributed by atoms with Crippen molar-refractivity contribution in [3.8, 4) is 0 Å². The van der Waals surface area contributed by atoms with E-state index in [-0.39, 0.29) is 30.3 Å². The van der Waals surface area contributed by atoms with Crippen molar-refractivity contribution in [3.63, 3.8) is 0 Å². The molecule has 2 aliphatic rings. The number of nitrogens with one attached hydrogen (secondary N) is 1. The summed E-state index contributed by atoms with van der Waals surface area (Å²) in [6.07, 6.45) is -1.04. The van der Waals surface area contributed by atoms with Crippen molar-refractivity contribution in [2.24, 2.45) is 10.7 Å². The number of aliphatic hydroxyl groups excluding tert-OH is 1. The molecule has 12 heteroatoms. The monoisotopic (exact) mass is 361 g/mol. The molecule has 132 valence electrons. The fourth-order valence-corrected chi connectivity index (χ4v) is 2.87. The van der Waals surface area contributed by atoms with E-state index in [0.717, 1.165) is 11.5 Å². The number of alkyl halides is 1. The van der Waals surface area contributed by atoms with Crippen LogP contribution in [-0.4, -0.2) is 49.2 Å². The number of imidazole rings is 1. The number of anilines is 1. The van der Waals surface area contributed by atoms with Crippen LogP contribution in [0.5, 0.6) is 0 Å². The molecule has 1 aromatic rings. The Labute approximate surface area is 140 Å². The molecule has 6 N–H and O–H groups in total. The van der Waals surface area contributed by atoms with Crippen molar-refractivity contribution in [1.29, 1.82) is 0 Å². The molecule has 3 rings (SSSR count). The van der Waals surface area contributed by atoms with E-state index in [1.807, 2.05) is 0 Å². The maximum Gasteiger partial charge on any atom is 0.305 e. The Morgan fingerprint density at radius 2 is 2.38 bits per heavy atom. The highest BCUT2D eigenvalue weighted by molar-refractivity contribution is 6.24. The van der Waals surface area contributed by atoms with Crippen molar-refractivity contribution in [2.45, 2.75) is 43.3 Å². The van der Waals surface area contributed by atoms with Gasteiger partial charge in [0, 0.05) is 13.3 Å². The SMILES string of the molecule is CC(=O)OC(O)[C@@H]1CC[C@](O)(n2cnc3c2NC(N)=NC3(O)Cl)O1. The maximum absolute atomic E-state index is 10.9. The van der Waals surface area contributed by atoms with E-state index in [9.17, 15) is 20.1 Å². The van der Waals surface area contributed by atoms with Crippen LogP contribution in [0.2, 0.25) is 0 Å². The molecule has 0 spiro atoms. The van der Waals surface area contributed by atoms with Crippen LogP contribution in [0.4, 0.5) is 5.82 Å². The average Bonchev–Trinajstić information content (AvgIpc) is 3.02. The van der Waals surface area contributed by atoms with Crippen LogP contribution >= 0.6 is 11.6 Å². The number of hydrogen-bond donors (Lipinski definition) is 5. The molecule has 1 saturated heterocycles. The van der Waals surface area contributed by atoms with Gasteiger partial charge >= 0.3 is 5.97 Å². The highest BCUT2D eigenvalue weighted by Gasteiger charge is 2.47. The molecule has 1 fully saturated rings. The minimum Gasteiger partial charge on any atom is -0.433 e. The number of ether oxygens (including phenoxy) is 2. The van der Waals surface area contributed by atoms with Crippen molar-refractivity contribution < 1.29 is 29.6 Å². The van der Waals surface area contributed by atoms with Gasteiger partial charge in [-0.3, -0.25) is 9.36 Å². The fourth-order valence-electron chi connectivity index (χ4n) is 2.64. The summed E-state index contributed by atoms with van der Waals surface area (Å²) in [7, 11) is 0. The second-order valence-corrected chi connectivity index (χ2v) is 5.99. The van der Waals surface area contributed by atoms with E-state index in [2.05, 4.69) is 20.0 Å². The number of esters is 1. The summed E-state index contributed by atoms with van der Waals surface area (Å²) in [6.45, 7) is 1.14. The van der Waals surface area contributed by atoms with Crippen LogP contribution < -0.4 is 11.1 Å². The molecule has 0 aromatic carbocycles. The molecule has 0 aliphatic carbocycles. The molecule has 4 atom stereocenters. The van der Waals surface area contributed by atoms with Gasteiger partial charge < -0.3 is 35.8 Å². The predicted molar refractivity (Wildman–Crippen MR) is 79.3 cm³/mol. The van der Waals surface area contributed by atoms with Crippen LogP contribution in [0.3, 0.4) is 0 Å². The van der Waals surface area contributed by atoms with Gasteiger partial charge in [-0.15, -0.1) is 0 Å². The number of fused-ring (bicyclic) bond motifs is 1. The number of guanidine groups is 1. The summed E-state index contributed by atoms with van der Waals surface area (Å²) in [5.41, 5.74) is 5.49. The second kappa shape index (κ2) is 5.57. The lowest BCUT2D eigenvalue weighted by Crippen LogP contribution is -2.40. The number of aliphatic imine (C=N–C) groups is 1. The highest BCUT2D eigenvalue weighted by atomic mass is 35.5. The summed E-state index contributed by atoms with van der Waals surface area (Å²) >= 11 is 5.85. The number of carbonyl (C=O) groups is 1. The average molecular weight is 362 g/mol. The van der Waals surface area contributed by atoms with Gasteiger partial charge in [0.05, 0.1) is 0 Å². The van der Waals surface area contributed by atoms with Crippen molar-refractivity contribution in [3.05, 3.63) is 12.0 Å². The van der Waals surface area contributed by atoms with Crippen molar-refractivity contribution >= 4 is 29.3 Å². The van der Waals surface area contributed by atoms with Gasteiger partial charge in [-0.1, -0.05) is 11.6 Å². The first kappa shape index (κ1) is 16.9. The topological polar surface area (TPSA) is 164 Å². The fraction of sp³-hybridized carbons (Fsp3) is 0.583. The van der Waals surface area contributed by atoms with Crippen LogP contribution in [0, 0.1) is 0 Å². The van der Waals surface area contributed by atoms with Gasteiger partial charge in [0.25, 0.3) is 11.1 Å². The number of carbonyl (C=O) groups excluding carboxylic acids is 1. The van der Waals surface area contributed by atoms with Gasteiger partial charge in [0.1, 0.15) is 18.2 Å². The van der Waals surface area contributed by atoms with Crippen molar-refractivity contribution in [2.75, 3.05) is 5.32 Å². The van der Waals surface area contributed by atoms with E-state index in [0.29, 0.717) is 0 Å². The summed E-state index contributed by atoms with van der Waals surface area (Å²) in [4.78, 5) is 18.4. The van der Waals surface area contributed by atoms with Gasteiger partial charge in [-0.25, -0.2) is 4.98 Å². The number of aliphatic hydroxyl groups is 3. The number of rotatable bonds is 3. The van der Waals surface area contributed by atoms with Crippen LogP contribution in [0.1, 0.15) is 25.5 Å². The zero-order valence-corrected chi connectivity index (χ0v) is 13.3. The predicted octanol–water partition coefficient (Wildman–Crippen LogP) is -1.37. The lowest BCUT2D eigenvalue weighted by molar-refractivity contribution is -0.281. The number of hydrogen-bond acceptors (Lipinski definition) is 10. The molecular weight excluding hydrogens is 346 g/mol. The Balaban J connectivity index is 1.87. The summed E-state index contributed by atoms with van der Waals surface area (Å²) in [6, 6.07) is 0. The molecule has 3 heterocycles. The minimum absolute atomic E-state index is 0.0538. The number of halogens is 1. The van der Waals surface area contributed by atoms with Gasteiger partial charge in [-0.05, 0) is 6.42 Å². The summed E-state index contributed by atoms with van der Waals surface area (Å²) in [5.74, 6) is -2.69. The Hall–Kier alpha value is -1.92. The summed E-state index contributed by atoms with van der Waals surface area (Å²) < 4.78 is 11.2. The largest absolute Gasteiger partial charge is 0.433 e. The maximum atomic E-state index is 10.9. The highest BCUT2D eigenvalue weighted by Crippen LogP contribution is 2.41. The Kier molecular flexibility index (Phi) is 3.92. The third kappa shape index (κ3) is 2.80. The standard InChI is InChI=1S/C12H16ClN5O6/c1-5(19)23-9(20)6-2-3-11(21,24-6)18-4-15-7-8(18)16-10(14)17-12(7,13)22/h4,6,9,20-22H,2-3H2,1H3,(H3,14,16,17)/t6-,9?,11+,12?/m0/s1. The Morgan fingerprint density at radius 1 is 1.67 bits per heavy atom. The molecule has 24 heavy (non-hydrogen) atoms. The molecule has 0 saturated carbocycles. The first-order chi connectivity index (χ1) is 11.1. The van der Waals surface area contributed by atoms with Crippen LogP contribution in [0.15, 0.2) is 11.3 Å². The van der Waals surface area contributed by atoms with Crippen LogP contribution in [0.25, 0.3) is 0 Å². The van der Waals surface area contributed by atoms with E-state index >= 15 is 0 Å². The second-order valence-electron chi connectivity index (χ2n) is 5.46. The molecule has 0 bridgehead atoms. The van der Waals surface area contributed by atoms with Gasteiger partial charge in [-0.2, -0.15) is 4.99 Å². The Bertz CT molecular complexity index is 706. The molecule has 0 radical (unpaired) electrons. The normalized spacial score (nSPS) is 33.4. The van der Waals surface area contributed by atoms with Crippen LogP contribution in [-0.2, 0) is 25.4 Å². The first-order valence-corrected chi connectivity index (χ1v) is 7.37. The quantitative estimate of drug-likeness (QED) is 0.189. The molecule has 2 unspecified atom stereocenters. The van der Waals surface area contributed by atoms with Crippen molar-refractivity contribution in [1.82, 2.24) is 9.55 Å². The minimum atomic E-state index is -2.18. The molecule has 0 amide bonds. The van der Waals surface area contributed by atoms with E-state index in [1.165, 1.54) is 6.33 Å². The molecule has 11 nitrogen and oxygen atoms in total. The third-order valence-electron chi connectivity index (χ3n) is 3.66.